The van der Waals surface area contributed by atoms with Crippen molar-refractivity contribution in [3.05, 3.63) is 60.2 Å². The van der Waals surface area contributed by atoms with E-state index in [0.717, 1.165) is 5.56 Å². The van der Waals surface area contributed by atoms with Crippen molar-refractivity contribution in [2.45, 2.75) is 31.7 Å². The average Bonchev–Trinajstić information content (AvgIpc) is 2.89. The van der Waals surface area contributed by atoms with Crippen LogP contribution in [-0.4, -0.2) is 74.3 Å². The molecule has 13 heteroatoms. The van der Waals surface area contributed by atoms with Gasteiger partial charge in [-0.3, -0.25) is 4.79 Å². The predicted molar refractivity (Wildman–Crippen MR) is 131 cm³/mol. The second kappa shape index (κ2) is 15.4. The highest BCUT2D eigenvalue weighted by molar-refractivity contribution is 5.91. The van der Waals surface area contributed by atoms with Crippen molar-refractivity contribution in [2.24, 2.45) is 0 Å². The van der Waals surface area contributed by atoms with Crippen LogP contribution >= 0.6 is 0 Å². The van der Waals surface area contributed by atoms with Gasteiger partial charge in [-0.1, -0.05) is 30.3 Å². The minimum Gasteiger partial charge on any atom is -0.490 e. The van der Waals surface area contributed by atoms with E-state index in [2.05, 4.69) is 20.7 Å². The number of rotatable bonds is 14. The number of alkyl halides is 3. The van der Waals surface area contributed by atoms with E-state index in [1.165, 1.54) is 0 Å². The molecule has 0 unspecified atom stereocenters. The second-order valence-corrected chi connectivity index (χ2v) is 7.95. The van der Waals surface area contributed by atoms with Crippen LogP contribution in [0.5, 0.6) is 5.75 Å². The number of carbonyl (C=O) groups is 3. The van der Waals surface area contributed by atoms with Crippen LogP contribution in [0, 0.1) is 0 Å². The van der Waals surface area contributed by atoms with Crippen molar-refractivity contribution in [1.82, 2.24) is 10.6 Å². The summed E-state index contributed by atoms with van der Waals surface area (Å²) in [6.07, 6.45) is -6.16. The van der Waals surface area contributed by atoms with E-state index in [-0.39, 0.29) is 39.3 Å². The highest BCUT2D eigenvalue weighted by Gasteiger charge is 2.42. The molecule has 208 valence electrons. The molecule has 0 saturated heterocycles. The van der Waals surface area contributed by atoms with Crippen molar-refractivity contribution >= 4 is 23.7 Å². The second-order valence-electron chi connectivity index (χ2n) is 7.95. The number of aliphatic hydroxyl groups is 1. The van der Waals surface area contributed by atoms with Crippen molar-refractivity contribution in [1.29, 1.82) is 0 Å². The lowest BCUT2D eigenvalue weighted by Gasteiger charge is -2.23. The first kappa shape index (κ1) is 30.4. The van der Waals surface area contributed by atoms with Crippen molar-refractivity contribution in [3.63, 3.8) is 0 Å². The van der Waals surface area contributed by atoms with Gasteiger partial charge in [0.2, 0.25) is 0 Å². The normalized spacial score (nSPS) is 12.7. The van der Waals surface area contributed by atoms with Crippen LogP contribution < -0.4 is 20.7 Å². The van der Waals surface area contributed by atoms with Gasteiger partial charge in [0.1, 0.15) is 25.0 Å². The number of anilines is 1. The van der Waals surface area contributed by atoms with Crippen molar-refractivity contribution in [2.75, 3.05) is 38.2 Å². The maximum absolute atomic E-state index is 12.7. The molecule has 2 aromatic carbocycles. The number of nitrogens with one attached hydrogen (secondary N) is 3. The molecule has 0 radical (unpaired) electrons. The lowest BCUT2D eigenvalue weighted by molar-refractivity contribution is -0.205. The number of benzene rings is 2. The molecule has 38 heavy (non-hydrogen) atoms. The first-order chi connectivity index (χ1) is 18.1. The Kier molecular flexibility index (Phi) is 12.3. The van der Waals surface area contributed by atoms with Gasteiger partial charge in [0.05, 0.1) is 13.2 Å². The van der Waals surface area contributed by atoms with Gasteiger partial charge in [0, 0.05) is 18.3 Å². The Morgan fingerprint density at radius 3 is 2.32 bits per heavy atom. The molecule has 0 bridgehead atoms. The molecule has 0 heterocycles. The molecule has 4 N–H and O–H groups in total. The lowest BCUT2D eigenvalue weighted by Crippen LogP contribution is -2.44. The van der Waals surface area contributed by atoms with E-state index in [1.807, 2.05) is 0 Å². The maximum Gasteiger partial charge on any atom is 0.490 e. The smallest absolute Gasteiger partial charge is 0.490 e. The quantitative estimate of drug-likeness (QED) is 0.268. The van der Waals surface area contributed by atoms with Gasteiger partial charge in [0.15, 0.2) is 0 Å². The van der Waals surface area contributed by atoms with Crippen LogP contribution in [-0.2, 0) is 25.5 Å². The zero-order valence-corrected chi connectivity index (χ0v) is 20.6. The molecule has 0 aliphatic heterocycles. The fourth-order valence-electron chi connectivity index (χ4n) is 3.11. The SMILES string of the molecule is CCOC(=O)CNC(=O)Nc1ccc(C[C@@H](CO)NC[C@@H](COc2ccccc2)OC(=O)C(F)(F)F)cc1. The molecular formula is C25H30F3N3O7. The molecular weight excluding hydrogens is 511 g/mol. The number of hydrogen-bond acceptors (Lipinski definition) is 8. The summed E-state index contributed by atoms with van der Waals surface area (Å²) >= 11 is 0. The molecule has 2 rings (SSSR count). The van der Waals surface area contributed by atoms with E-state index in [4.69, 9.17) is 9.47 Å². The first-order valence-corrected chi connectivity index (χ1v) is 11.7. The number of esters is 2. The van der Waals surface area contributed by atoms with E-state index in [9.17, 15) is 32.7 Å². The average molecular weight is 542 g/mol. The number of ether oxygens (including phenoxy) is 3. The summed E-state index contributed by atoms with van der Waals surface area (Å²) in [6, 6.07) is 13.7. The largest absolute Gasteiger partial charge is 0.490 e. The number of urea groups is 1. The van der Waals surface area contributed by atoms with Gasteiger partial charge in [-0.2, -0.15) is 13.2 Å². The number of halogens is 3. The Balaban J connectivity index is 1.90. The summed E-state index contributed by atoms with van der Waals surface area (Å²) in [4.78, 5) is 34.5. The Morgan fingerprint density at radius 1 is 1.03 bits per heavy atom. The zero-order chi connectivity index (χ0) is 28.0. The molecule has 0 aliphatic rings. The van der Waals surface area contributed by atoms with Gasteiger partial charge in [0.25, 0.3) is 0 Å². The molecule has 2 atom stereocenters. The molecule has 0 aromatic heterocycles. The third-order valence-corrected chi connectivity index (χ3v) is 4.93. The molecule has 0 saturated carbocycles. The van der Waals surface area contributed by atoms with Gasteiger partial charge in [-0.05, 0) is 43.2 Å². The molecule has 0 spiro atoms. The Bertz CT molecular complexity index is 1020. The van der Waals surface area contributed by atoms with E-state index in [0.29, 0.717) is 11.4 Å². The van der Waals surface area contributed by atoms with Crippen molar-refractivity contribution < 1.29 is 46.9 Å². The van der Waals surface area contributed by atoms with E-state index in [1.54, 1.807) is 61.5 Å². The number of aliphatic hydroxyl groups excluding tert-OH is 1. The van der Waals surface area contributed by atoms with Crippen LogP contribution in [0.2, 0.25) is 0 Å². The molecule has 0 aliphatic carbocycles. The van der Waals surface area contributed by atoms with Gasteiger partial charge in [-0.15, -0.1) is 0 Å². The van der Waals surface area contributed by atoms with Gasteiger partial charge < -0.3 is 35.3 Å². The summed E-state index contributed by atoms with van der Waals surface area (Å²) in [7, 11) is 0. The summed E-state index contributed by atoms with van der Waals surface area (Å²) < 4.78 is 52.9. The third kappa shape index (κ3) is 11.5. The summed E-state index contributed by atoms with van der Waals surface area (Å²) in [5.41, 5.74) is 1.19. The minimum absolute atomic E-state index is 0.202. The molecule has 2 amide bonds. The maximum atomic E-state index is 12.7. The topological polar surface area (TPSA) is 135 Å². The number of para-hydroxylation sites is 1. The predicted octanol–water partition coefficient (Wildman–Crippen LogP) is 2.42. The summed E-state index contributed by atoms with van der Waals surface area (Å²) in [5, 5.41) is 17.6. The zero-order valence-electron chi connectivity index (χ0n) is 20.6. The van der Waals surface area contributed by atoms with Crippen LogP contribution in [0.1, 0.15) is 12.5 Å². The fraction of sp³-hybridized carbons (Fsp3) is 0.400. The van der Waals surface area contributed by atoms with E-state index >= 15 is 0 Å². The molecule has 2 aromatic rings. The number of carbonyl (C=O) groups excluding carboxylic acids is 3. The fourth-order valence-corrected chi connectivity index (χ4v) is 3.11. The summed E-state index contributed by atoms with van der Waals surface area (Å²) in [5.74, 6) is -2.51. The first-order valence-electron chi connectivity index (χ1n) is 11.7. The van der Waals surface area contributed by atoms with Crippen LogP contribution in [0.25, 0.3) is 0 Å². The molecule has 0 fully saturated rings. The van der Waals surface area contributed by atoms with Gasteiger partial charge in [-0.25, -0.2) is 9.59 Å². The summed E-state index contributed by atoms with van der Waals surface area (Å²) in [6.45, 7) is 0.675. The van der Waals surface area contributed by atoms with Crippen LogP contribution in [0.15, 0.2) is 54.6 Å². The standard InChI is InChI=1S/C25H30F3N3O7/c1-2-36-22(33)14-30-24(35)31-18-10-8-17(9-11-18)12-19(15-32)29-13-21(38-23(34)25(26,27)28)16-37-20-6-4-3-5-7-20/h3-11,19,21,29,32H,2,12-16H2,1H3,(H2,30,31,35)/t19-,21-/m0/s1. The number of amides is 2. The Hall–Kier alpha value is -3.84. The Morgan fingerprint density at radius 2 is 1.71 bits per heavy atom. The third-order valence-electron chi connectivity index (χ3n) is 4.93. The Labute approximate surface area is 217 Å². The number of hydrogen-bond donors (Lipinski definition) is 4. The van der Waals surface area contributed by atoms with E-state index < -0.39 is 36.3 Å². The van der Waals surface area contributed by atoms with Crippen LogP contribution in [0.3, 0.4) is 0 Å². The minimum atomic E-state index is -5.16. The van der Waals surface area contributed by atoms with Crippen molar-refractivity contribution in [3.8, 4) is 5.75 Å². The monoisotopic (exact) mass is 541 g/mol. The highest BCUT2D eigenvalue weighted by atomic mass is 19.4. The lowest BCUT2D eigenvalue weighted by atomic mass is 10.1. The van der Waals surface area contributed by atoms with Gasteiger partial charge >= 0.3 is 24.1 Å². The van der Waals surface area contributed by atoms with Crippen LogP contribution in [0.4, 0.5) is 23.7 Å². The molecule has 10 nitrogen and oxygen atoms in total. The highest BCUT2D eigenvalue weighted by Crippen LogP contribution is 2.18.